The van der Waals surface area contributed by atoms with Gasteiger partial charge in [-0.3, -0.25) is 9.59 Å². The Balaban J connectivity index is 1.42. The molecule has 2 amide bonds. The Bertz CT molecular complexity index is 1210. The number of phenolic OH excluding ortho intramolecular Hbond substituents is 1. The molecule has 2 fully saturated rings. The number of phenols is 1. The number of nitrogens with two attached hydrogens (primary N) is 1. The molecule has 38 heavy (non-hydrogen) atoms. The smallest absolute Gasteiger partial charge is 0.246 e. The molecule has 0 bridgehead atoms. The van der Waals surface area contributed by atoms with Crippen molar-refractivity contribution in [1.82, 2.24) is 20.4 Å². The predicted molar refractivity (Wildman–Crippen MR) is 146 cm³/mol. The van der Waals surface area contributed by atoms with Gasteiger partial charge in [0.2, 0.25) is 11.8 Å². The van der Waals surface area contributed by atoms with Gasteiger partial charge in [0.05, 0.1) is 17.5 Å². The lowest BCUT2D eigenvalue weighted by Gasteiger charge is -2.35. The Labute approximate surface area is 223 Å². The van der Waals surface area contributed by atoms with E-state index in [1.54, 1.807) is 29.2 Å². The molecule has 3 heterocycles. The molecule has 5 N–H and O–H groups in total. The molecule has 0 radical (unpaired) electrons. The number of aromatic hydroxyl groups is 1. The molecule has 2 aliphatic heterocycles. The van der Waals surface area contributed by atoms with Crippen molar-refractivity contribution < 1.29 is 19.8 Å². The Morgan fingerprint density at radius 3 is 2.47 bits per heavy atom. The first-order valence-electron chi connectivity index (χ1n) is 13.1. The summed E-state index contributed by atoms with van der Waals surface area (Å²) >= 11 is 0. The molecule has 10 nitrogen and oxygen atoms in total. The third kappa shape index (κ3) is 6.07. The summed E-state index contributed by atoms with van der Waals surface area (Å²) < 4.78 is 0. The van der Waals surface area contributed by atoms with Crippen molar-refractivity contribution in [2.45, 2.75) is 65.1 Å². The van der Waals surface area contributed by atoms with Crippen LogP contribution in [0, 0.1) is 5.41 Å². The minimum absolute atomic E-state index is 0.0663. The van der Waals surface area contributed by atoms with Gasteiger partial charge in [0.1, 0.15) is 11.8 Å². The Kier molecular flexibility index (Phi) is 7.91. The van der Waals surface area contributed by atoms with Crippen LogP contribution in [-0.2, 0) is 9.59 Å². The Morgan fingerprint density at radius 1 is 1.18 bits per heavy atom. The number of aromatic nitrogens is 2. The Hall–Kier alpha value is -3.66. The molecule has 1 aromatic carbocycles. The number of hydrogen-bond donors (Lipinski definition) is 4. The maximum Gasteiger partial charge on any atom is 0.246 e. The van der Waals surface area contributed by atoms with Crippen LogP contribution in [0.15, 0.2) is 42.0 Å². The number of para-hydroxylation sites is 1. The lowest BCUT2D eigenvalue weighted by molar-refractivity contribution is -0.139. The van der Waals surface area contributed by atoms with Gasteiger partial charge in [0, 0.05) is 37.3 Å². The number of benzene rings is 1. The van der Waals surface area contributed by atoms with Gasteiger partial charge in [-0.05, 0) is 49.8 Å². The monoisotopic (exact) mass is 522 g/mol. The average molecular weight is 523 g/mol. The molecule has 4 rings (SSSR count). The second-order valence-corrected chi connectivity index (χ2v) is 11.3. The number of nitrogens with zero attached hydrogens (tertiary/aromatic N) is 4. The van der Waals surface area contributed by atoms with Crippen molar-refractivity contribution in [2.75, 3.05) is 30.3 Å². The first-order valence-corrected chi connectivity index (χ1v) is 13.1. The average Bonchev–Trinajstić information content (AvgIpc) is 3.20. The van der Waals surface area contributed by atoms with Gasteiger partial charge < -0.3 is 31.1 Å². The fourth-order valence-corrected chi connectivity index (χ4v) is 5.14. The van der Waals surface area contributed by atoms with Gasteiger partial charge in [-0.15, -0.1) is 10.2 Å². The lowest BCUT2D eigenvalue weighted by atomic mass is 9.85. The van der Waals surface area contributed by atoms with Crippen LogP contribution >= 0.6 is 0 Å². The zero-order valence-corrected chi connectivity index (χ0v) is 22.5. The fourth-order valence-electron chi connectivity index (χ4n) is 5.14. The molecule has 0 spiro atoms. The first-order chi connectivity index (χ1) is 17.9. The molecule has 204 valence electrons. The largest absolute Gasteiger partial charge is 0.507 e. The van der Waals surface area contributed by atoms with Crippen molar-refractivity contribution in [3.8, 4) is 17.0 Å². The number of β-amino-alcohol motifs (C(OH)–C–C–N with tert-alkyl or cyclic N) is 1. The van der Waals surface area contributed by atoms with Crippen LogP contribution in [-0.4, -0.2) is 74.9 Å². The third-order valence-electron chi connectivity index (χ3n) is 7.30. The number of anilines is 2. The molecule has 2 aromatic rings. The highest BCUT2D eigenvalue weighted by Crippen LogP contribution is 2.33. The maximum atomic E-state index is 13.3. The fraction of sp³-hybridized carbons (Fsp3) is 0.500. The van der Waals surface area contributed by atoms with Crippen molar-refractivity contribution >= 4 is 23.3 Å². The molecular weight excluding hydrogens is 484 g/mol. The van der Waals surface area contributed by atoms with Crippen molar-refractivity contribution in [3.63, 3.8) is 0 Å². The van der Waals surface area contributed by atoms with Gasteiger partial charge in [0.25, 0.3) is 0 Å². The number of nitrogens with one attached hydrogen (secondary N) is 1. The van der Waals surface area contributed by atoms with Gasteiger partial charge >= 0.3 is 0 Å². The number of carbonyl (C=O) groups is 2. The summed E-state index contributed by atoms with van der Waals surface area (Å²) in [7, 11) is 0. The number of likely N-dealkylation sites (tertiary alicyclic amines) is 1. The molecule has 2 saturated heterocycles. The number of amides is 2. The molecule has 0 unspecified atom stereocenters. The summed E-state index contributed by atoms with van der Waals surface area (Å²) in [5.74, 6) is -0.0259. The van der Waals surface area contributed by atoms with E-state index >= 15 is 0 Å². The van der Waals surface area contributed by atoms with Crippen molar-refractivity contribution in [2.24, 2.45) is 5.41 Å². The van der Waals surface area contributed by atoms with Crippen LogP contribution in [0.2, 0.25) is 0 Å². The number of rotatable bonds is 5. The molecule has 1 aromatic heterocycles. The van der Waals surface area contributed by atoms with E-state index in [9.17, 15) is 19.8 Å². The van der Waals surface area contributed by atoms with E-state index in [2.05, 4.69) is 20.4 Å². The quantitative estimate of drug-likeness (QED) is 0.438. The normalized spacial score (nSPS) is 20.8. The van der Waals surface area contributed by atoms with Crippen LogP contribution in [0.5, 0.6) is 5.75 Å². The van der Waals surface area contributed by atoms with E-state index < -0.39 is 17.6 Å². The van der Waals surface area contributed by atoms with Crippen LogP contribution < -0.4 is 16.0 Å². The maximum absolute atomic E-state index is 13.3. The van der Waals surface area contributed by atoms with Gasteiger partial charge in [-0.2, -0.15) is 0 Å². The van der Waals surface area contributed by atoms with Gasteiger partial charge in [-0.1, -0.05) is 38.5 Å². The highest BCUT2D eigenvalue weighted by Gasteiger charge is 2.40. The highest BCUT2D eigenvalue weighted by atomic mass is 16.3. The summed E-state index contributed by atoms with van der Waals surface area (Å²) in [5.41, 5.74) is 8.49. The molecule has 3 atom stereocenters. The number of aliphatic hydroxyl groups is 1. The van der Waals surface area contributed by atoms with Gasteiger partial charge in [-0.25, -0.2) is 0 Å². The summed E-state index contributed by atoms with van der Waals surface area (Å²) in [6, 6.07) is 8.01. The third-order valence-corrected chi connectivity index (χ3v) is 7.30. The minimum Gasteiger partial charge on any atom is -0.507 e. The van der Waals surface area contributed by atoms with Crippen molar-refractivity contribution in [3.05, 3.63) is 42.0 Å². The van der Waals surface area contributed by atoms with E-state index in [0.717, 1.165) is 11.3 Å². The van der Waals surface area contributed by atoms with E-state index in [0.29, 0.717) is 49.4 Å². The standard InChI is InChI=1S/C28H38N6O4/c1-17-13-19(35)16-34(17)27(38)25(28(2,3)4)30-24(37)14-18-9-11-33(12-10-18)22-15-21(31-32-26(22)29)20-7-5-6-8-23(20)36/h5-8,14-15,17,19,25,35-36H,9-13,16H2,1-4H3,(H2,29,32)(H,30,37)/t17-,19-,25-/m1/s1. The Morgan fingerprint density at radius 2 is 1.87 bits per heavy atom. The lowest BCUT2D eigenvalue weighted by Crippen LogP contribution is -2.55. The van der Waals surface area contributed by atoms with Crippen molar-refractivity contribution in [1.29, 1.82) is 0 Å². The van der Waals surface area contributed by atoms with E-state index in [1.165, 1.54) is 0 Å². The number of hydrogen-bond acceptors (Lipinski definition) is 8. The molecule has 0 aliphatic carbocycles. The number of piperidine rings is 1. The zero-order chi connectivity index (χ0) is 27.6. The molecule has 2 aliphatic rings. The topological polar surface area (TPSA) is 145 Å². The SMILES string of the molecule is C[C@@H]1C[C@@H](O)CN1C(=O)[C@@H](NC(=O)C=C1CCN(c2cc(-c3ccccc3O)nnc2N)CC1)C(C)(C)C. The number of aliphatic hydroxyl groups excluding tert-OH is 1. The summed E-state index contributed by atoms with van der Waals surface area (Å²) in [4.78, 5) is 30.1. The summed E-state index contributed by atoms with van der Waals surface area (Å²) in [6.07, 6.45) is 2.93. The second kappa shape index (κ2) is 11.0. The first kappa shape index (κ1) is 27.4. The summed E-state index contributed by atoms with van der Waals surface area (Å²) in [5, 5.41) is 31.4. The number of nitrogen functional groups attached to an aromatic ring is 1. The second-order valence-electron chi connectivity index (χ2n) is 11.3. The number of carbonyl (C=O) groups excluding carboxylic acids is 2. The predicted octanol–water partition coefficient (Wildman–Crippen LogP) is 2.47. The molecule has 10 heteroatoms. The van der Waals surface area contributed by atoms with E-state index in [-0.39, 0.29) is 30.2 Å². The zero-order valence-electron chi connectivity index (χ0n) is 22.5. The minimum atomic E-state index is -0.699. The van der Waals surface area contributed by atoms with E-state index in [1.807, 2.05) is 39.8 Å². The van der Waals surface area contributed by atoms with Crippen LogP contribution in [0.1, 0.15) is 47.0 Å². The van der Waals surface area contributed by atoms with E-state index in [4.69, 9.17) is 5.73 Å². The van der Waals surface area contributed by atoms with Gasteiger partial charge in [0.15, 0.2) is 5.82 Å². The molecular formula is C28H38N6O4. The van der Waals surface area contributed by atoms with Crippen LogP contribution in [0.3, 0.4) is 0 Å². The van der Waals surface area contributed by atoms with Crippen LogP contribution in [0.25, 0.3) is 11.3 Å². The highest BCUT2D eigenvalue weighted by molar-refractivity contribution is 5.94. The van der Waals surface area contributed by atoms with Crippen LogP contribution in [0.4, 0.5) is 11.5 Å². The summed E-state index contributed by atoms with van der Waals surface area (Å²) in [6.45, 7) is 9.26. The molecule has 0 saturated carbocycles.